The lowest BCUT2D eigenvalue weighted by atomic mass is 10.3. The van der Waals surface area contributed by atoms with E-state index in [1.165, 1.54) is 6.07 Å². The summed E-state index contributed by atoms with van der Waals surface area (Å²) in [6.07, 6.45) is 1.13. The van der Waals surface area contributed by atoms with Gasteiger partial charge < -0.3 is 9.64 Å². The Kier molecular flexibility index (Phi) is 2.83. The van der Waals surface area contributed by atoms with Crippen LogP contribution in [-0.2, 0) is 9.84 Å². The molecule has 2 rings (SSSR count). The molecule has 1 aromatic rings. The van der Waals surface area contributed by atoms with Gasteiger partial charge in [0, 0.05) is 19.4 Å². The Hall–Kier alpha value is -0.820. The quantitative estimate of drug-likeness (QED) is 0.727. The van der Waals surface area contributed by atoms with Gasteiger partial charge in [-0.25, -0.2) is 13.4 Å². The third-order valence-corrected chi connectivity index (χ3v) is 3.86. The van der Waals surface area contributed by atoms with E-state index in [-0.39, 0.29) is 5.03 Å². The second-order valence-electron chi connectivity index (χ2n) is 3.64. The Morgan fingerprint density at radius 3 is 2.88 bits per heavy atom. The predicted molar refractivity (Wildman–Crippen MR) is 63.8 cm³/mol. The number of hydrogen-bond acceptors (Lipinski definition) is 5. The summed E-state index contributed by atoms with van der Waals surface area (Å²) < 4.78 is 28.7. The standard InChI is InChI=1S/C9H11BrN2O3S/c1-12-3-4-15-6-5-7(16(2,13)14)11-9(10)8(6)12/h5H,3-4H2,1-2H3. The number of sulfone groups is 1. The molecule has 2 heterocycles. The summed E-state index contributed by atoms with van der Waals surface area (Å²) in [6.45, 7) is 1.30. The van der Waals surface area contributed by atoms with E-state index < -0.39 is 9.84 Å². The van der Waals surface area contributed by atoms with Crippen molar-refractivity contribution in [3.05, 3.63) is 10.7 Å². The van der Waals surface area contributed by atoms with Crippen LogP contribution in [0.2, 0.25) is 0 Å². The van der Waals surface area contributed by atoms with Crippen molar-refractivity contribution in [2.45, 2.75) is 5.03 Å². The molecule has 1 aromatic heterocycles. The maximum absolute atomic E-state index is 11.4. The first-order valence-corrected chi connectivity index (χ1v) is 7.32. The first-order valence-electron chi connectivity index (χ1n) is 4.64. The van der Waals surface area contributed by atoms with Gasteiger partial charge in [0.15, 0.2) is 14.9 Å². The van der Waals surface area contributed by atoms with Gasteiger partial charge in [0.2, 0.25) is 0 Å². The number of halogens is 1. The molecule has 7 heteroatoms. The summed E-state index contributed by atoms with van der Waals surface area (Å²) in [7, 11) is -1.41. The third-order valence-electron chi connectivity index (χ3n) is 2.34. The van der Waals surface area contributed by atoms with E-state index in [2.05, 4.69) is 20.9 Å². The minimum atomic E-state index is -3.32. The van der Waals surface area contributed by atoms with Crippen LogP contribution >= 0.6 is 15.9 Å². The molecule has 0 amide bonds. The molecule has 0 radical (unpaired) electrons. The van der Waals surface area contributed by atoms with E-state index in [4.69, 9.17) is 4.74 Å². The number of rotatable bonds is 1. The lowest BCUT2D eigenvalue weighted by Gasteiger charge is -2.28. The van der Waals surface area contributed by atoms with Gasteiger partial charge >= 0.3 is 0 Å². The van der Waals surface area contributed by atoms with E-state index in [0.717, 1.165) is 18.5 Å². The van der Waals surface area contributed by atoms with Gasteiger partial charge in [0.05, 0.1) is 6.54 Å². The predicted octanol–water partition coefficient (Wildman–Crippen LogP) is 1.08. The molecular weight excluding hydrogens is 296 g/mol. The molecule has 1 aliphatic heterocycles. The molecule has 0 aromatic carbocycles. The van der Waals surface area contributed by atoms with Gasteiger partial charge in [0.25, 0.3) is 0 Å². The number of anilines is 1. The zero-order chi connectivity index (χ0) is 11.9. The number of ether oxygens (including phenoxy) is 1. The largest absolute Gasteiger partial charge is 0.489 e. The highest BCUT2D eigenvalue weighted by molar-refractivity contribution is 9.10. The molecular formula is C9H11BrN2O3S. The highest BCUT2D eigenvalue weighted by atomic mass is 79.9. The van der Waals surface area contributed by atoms with E-state index in [1.54, 1.807) is 0 Å². The van der Waals surface area contributed by atoms with Crippen molar-refractivity contribution in [3.8, 4) is 5.75 Å². The molecule has 0 saturated heterocycles. The van der Waals surface area contributed by atoms with Crippen LogP contribution in [-0.4, -0.2) is 39.9 Å². The lowest BCUT2D eigenvalue weighted by Crippen LogP contribution is -2.29. The van der Waals surface area contributed by atoms with Crippen molar-refractivity contribution in [2.75, 3.05) is 31.4 Å². The van der Waals surface area contributed by atoms with Crippen LogP contribution in [0.5, 0.6) is 5.75 Å². The zero-order valence-electron chi connectivity index (χ0n) is 8.90. The van der Waals surface area contributed by atoms with Crippen molar-refractivity contribution in [1.82, 2.24) is 4.98 Å². The summed E-state index contributed by atoms with van der Waals surface area (Å²) in [5.41, 5.74) is 0.790. The van der Waals surface area contributed by atoms with Crippen molar-refractivity contribution in [3.63, 3.8) is 0 Å². The van der Waals surface area contributed by atoms with Crippen molar-refractivity contribution >= 4 is 31.5 Å². The van der Waals surface area contributed by atoms with E-state index in [0.29, 0.717) is 17.0 Å². The Bertz CT molecular complexity index is 530. The van der Waals surface area contributed by atoms with E-state index >= 15 is 0 Å². The number of aromatic nitrogens is 1. The SMILES string of the molecule is CN1CCOc2cc(S(C)(=O)=O)nc(Br)c21. The number of likely N-dealkylation sites (N-methyl/N-ethyl adjacent to an activating group) is 1. The Morgan fingerprint density at radius 2 is 2.25 bits per heavy atom. The molecule has 0 aliphatic carbocycles. The van der Waals surface area contributed by atoms with Crippen LogP contribution in [0.1, 0.15) is 0 Å². The molecule has 0 bridgehead atoms. The molecule has 88 valence electrons. The molecule has 0 spiro atoms. The topological polar surface area (TPSA) is 59.5 Å². The minimum Gasteiger partial charge on any atom is -0.489 e. The smallest absolute Gasteiger partial charge is 0.192 e. The average Bonchev–Trinajstić information content (AvgIpc) is 2.15. The highest BCUT2D eigenvalue weighted by Crippen LogP contribution is 2.37. The van der Waals surface area contributed by atoms with Crippen LogP contribution in [0.25, 0.3) is 0 Å². The maximum atomic E-state index is 11.4. The molecule has 16 heavy (non-hydrogen) atoms. The maximum Gasteiger partial charge on any atom is 0.192 e. The Labute approximate surface area is 102 Å². The van der Waals surface area contributed by atoms with Gasteiger partial charge in [-0.1, -0.05) is 0 Å². The summed E-state index contributed by atoms with van der Waals surface area (Å²) in [6, 6.07) is 1.46. The van der Waals surface area contributed by atoms with Crippen LogP contribution in [0.15, 0.2) is 15.7 Å². The van der Waals surface area contributed by atoms with E-state index in [9.17, 15) is 8.42 Å². The highest BCUT2D eigenvalue weighted by Gasteiger charge is 2.22. The number of fused-ring (bicyclic) bond motifs is 1. The molecule has 0 atom stereocenters. The van der Waals surface area contributed by atoms with Gasteiger partial charge in [0.1, 0.15) is 22.6 Å². The number of pyridine rings is 1. The summed E-state index contributed by atoms with van der Waals surface area (Å²) >= 11 is 3.27. The van der Waals surface area contributed by atoms with Crippen LogP contribution in [0.4, 0.5) is 5.69 Å². The first-order chi connectivity index (χ1) is 7.39. The van der Waals surface area contributed by atoms with Crippen molar-refractivity contribution < 1.29 is 13.2 Å². The van der Waals surface area contributed by atoms with Crippen LogP contribution in [0, 0.1) is 0 Å². The fraction of sp³-hybridized carbons (Fsp3) is 0.444. The number of nitrogens with zero attached hydrogens (tertiary/aromatic N) is 2. The van der Waals surface area contributed by atoms with E-state index in [1.807, 2.05) is 11.9 Å². The second kappa shape index (κ2) is 3.89. The Morgan fingerprint density at radius 1 is 1.56 bits per heavy atom. The minimum absolute atomic E-state index is 0.0217. The fourth-order valence-corrected chi connectivity index (χ4v) is 2.90. The Balaban J connectivity index is 2.63. The van der Waals surface area contributed by atoms with Gasteiger partial charge in [-0.05, 0) is 15.9 Å². The average molecular weight is 307 g/mol. The lowest BCUT2D eigenvalue weighted by molar-refractivity contribution is 0.309. The monoisotopic (exact) mass is 306 g/mol. The molecule has 0 unspecified atom stereocenters. The van der Waals surface area contributed by atoms with Gasteiger partial charge in [-0.3, -0.25) is 0 Å². The molecule has 5 nitrogen and oxygen atoms in total. The zero-order valence-corrected chi connectivity index (χ0v) is 11.3. The summed E-state index contributed by atoms with van der Waals surface area (Å²) in [5, 5.41) is 0.0217. The molecule has 0 fully saturated rings. The van der Waals surface area contributed by atoms with Crippen molar-refractivity contribution in [2.24, 2.45) is 0 Å². The number of hydrogen-bond donors (Lipinski definition) is 0. The molecule has 0 N–H and O–H groups in total. The van der Waals surface area contributed by atoms with Crippen molar-refractivity contribution in [1.29, 1.82) is 0 Å². The first kappa shape index (κ1) is 11.7. The summed E-state index contributed by atoms with van der Waals surface area (Å²) in [4.78, 5) is 5.99. The van der Waals surface area contributed by atoms with Gasteiger partial charge in [-0.2, -0.15) is 0 Å². The van der Waals surface area contributed by atoms with Gasteiger partial charge in [-0.15, -0.1) is 0 Å². The fourth-order valence-electron chi connectivity index (χ4n) is 1.51. The van der Waals surface area contributed by atoms with Crippen LogP contribution < -0.4 is 9.64 Å². The summed E-state index contributed by atoms with van der Waals surface area (Å²) in [5.74, 6) is 0.552. The third kappa shape index (κ3) is 2.01. The normalized spacial score (nSPS) is 15.6. The molecule has 0 saturated carbocycles. The van der Waals surface area contributed by atoms with Crippen LogP contribution in [0.3, 0.4) is 0 Å². The molecule has 1 aliphatic rings. The second-order valence-corrected chi connectivity index (χ2v) is 6.35.